The maximum absolute atomic E-state index is 13.9. The normalized spacial score (nSPS) is 19.4. The van der Waals surface area contributed by atoms with Gasteiger partial charge >= 0.3 is 0 Å². The van der Waals surface area contributed by atoms with Crippen molar-refractivity contribution in [1.82, 2.24) is 10.3 Å². The van der Waals surface area contributed by atoms with Crippen LogP contribution in [0, 0.1) is 6.92 Å². The summed E-state index contributed by atoms with van der Waals surface area (Å²) in [6.45, 7) is 6.36. The zero-order valence-corrected chi connectivity index (χ0v) is 22.2. The highest BCUT2D eigenvalue weighted by atomic mass is 32.1. The highest BCUT2D eigenvalue weighted by molar-refractivity contribution is 7.09. The van der Waals surface area contributed by atoms with Crippen LogP contribution in [0.1, 0.15) is 47.3 Å². The summed E-state index contributed by atoms with van der Waals surface area (Å²) in [4.78, 5) is 43.9. The molecule has 3 aromatic rings. The third-order valence-electron chi connectivity index (χ3n) is 7.11. The van der Waals surface area contributed by atoms with E-state index in [1.165, 1.54) is 19.9 Å². The van der Waals surface area contributed by atoms with Gasteiger partial charge in [0.05, 0.1) is 21.8 Å². The molecular weight excluding hydrogens is 504 g/mol. The summed E-state index contributed by atoms with van der Waals surface area (Å²) < 4.78 is 5.80. The highest BCUT2D eigenvalue weighted by Gasteiger charge is 2.56. The molecule has 1 atom stereocenters. The molecule has 2 aliphatic rings. The molecular formula is C29H26N2O6S. The second-order valence-electron chi connectivity index (χ2n) is 9.56. The Labute approximate surface area is 223 Å². The first-order chi connectivity index (χ1) is 18.1. The lowest BCUT2D eigenvalue weighted by Gasteiger charge is -2.29. The predicted molar refractivity (Wildman–Crippen MR) is 143 cm³/mol. The topological polar surface area (TPSA) is 126 Å². The molecule has 1 aromatic heterocycles. The summed E-state index contributed by atoms with van der Waals surface area (Å²) in [6, 6.07) is 9.87. The van der Waals surface area contributed by atoms with Crippen LogP contribution in [0.3, 0.4) is 0 Å². The zero-order chi connectivity index (χ0) is 27.4. The average Bonchev–Trinajstić information content (AvgIpc) is 3.46. The first-order valence-electron chi connectivity index (χ1n) is 12.1. The summed E-state index contributed by atoms with van der Waals surface area (Å²) >= 11 is 1.54. The van der Waals surface area contributed by atoms with E-state index in [2.05, 4.69) is 10.3 Å². The van der Waals surface area contributed by atoms with E-state index in [1.807, 2.05) is 35.7 Å². The van der Waals surface area contributed by atoms with E-state index in [1.54, 1.807) is 25.2 Å². The molecule has 0 saturated heterocycles. The Bertz CT molecular complexity index is 1580. The van der Waals surface area contributed by atoms with Crippen LogP contribution in [0.5, 0.6) is 17.2 Å². The Balaban J connectivity index is 1.43. The number of phenols is 2. The number of phenolic OH excluding ortho intramolecular Hbond substituents is 2. The second-order valence-corrected chi connectivity index (χ2v) is 10.5. The van der Waals surface area contributed by atoms with Gasteiger partial charge in [-0.25, -0.2) is 4.98 Å². The number of aromatic nitrogens is 1. The maximum atomic E-state index is 13.9. The molecule has 8 nitrogen and oxygen atoms in total. The van der Waals surface area contributed by atoms with Gasteiger partial charge in [-0.15, -0.1) is 11.3 Å². The number of allylic oxidation sites excluding steroid dienone is 4. The lowest BCUT2D eigenvalue weighted by molar-refractivity contribution is -0.123. The van der Waals surface area contributed by atoms with Crippen molar-refractivity contribution in [3.05, 3.63) is 80.5 Å². The van der Waals surface area contributed by atoms with E-state index in [0.717, 1.165) is 16.3 Å². The van der Waals surface area contributed by atoms with E-state index in [4.69, 9.17) is 4.74 Å². The first kappa shape index (κ1) is 25.4. The number of carbonyl (C=O) groups excluding carboxylic acids is 3. The number of aromatic hydroxyl groups is 2. The Morgan fingerprint density at radius 3 is 2.53 bits per heavy atom. The van der Waals surface area contributed by atoms with E-state index in [9.17, 15) is 24.6 Å². The number of ketones is 3. The van der Waals surface area contributed by atoms with E-state index < -0.39 is 28.5 Å². The lowest BCUT2D eigenvalue weighted by Crippen LogP contribution is -2.41. The molecule has 0 fully saturated rings. The zero-order valence-electron chi connectivity index (χ0n) is 21.3. The number of fused-ring (bicyclic) bond motifs is 3. The second kappa shape index (κ2) is 9.25. The number of thiazole rings is 1. The van der Waals surface area contributed by atoms with Crippen molar-refractivity contribution in [1.29, 1.82) is 0 Å². The van der Waals surface area contributed by atoms with Gasteiger partial charge in [-0.05, 0) is 27.7 Å². The van der Waals surface area contributed by atoms with Gasteiger partial charge in [0.1, 0.15) is 34.0 Å². The van der Waals surface area contributed by atoms with Crippen molar-refractivity contribution in [2.24, 2.45) is 0 Å². The average molecular weight is 531 g/mol. The summed E-state index contributed by atoms with van der Waals surface area (Å²) in [5, 5.41) is 27.5. The number of nitrogens with zero attached hydrogens (tertiary/aromatic N) is 1. The van der Waals surface area contributed by atoms with E-state index in [0.29, 0.717) is 18.7 Å². The standard InChI is InChI=1S/C29H26N2O6S/c1-14-25(34)23(16(3)32)27-24(26(14)35)29(4)20(37-27)12-19(33)22(28(29)36)15(2)30-11-10-21-31-18(13-38-21)17-8-6-5-7-9-17/h5-9,12-13,30,34-35H,10-11H2,1-4H3/b22-15+/t29-/m0/s1. The fourth-order valence-electron chi connectivity index (χ4n) is 4.97. The molecule has 194 valence electrons. The van der Waals surface area contributed by atoms with Crippen LogP contribution in [0.15, 0.2) is 58.8 Å². The van der Waals surface area contributed by atoms with Crippen LogP contribution in [0.4, 0.5) is 0 Å². The number of hydrogen-bond donors (Lipinski definition) is 3. The quantitative estimate of drug-likeness (QED) is 0.241. The molecule has 0 amide bonds. The van der Waals surface area contributed by atoms with Crippen LogP contribution in [0.2, 0.25) is 0 Å². The monoisotopic (exact) mass is 530 g/mol. The minimum absolute atomic E-state index is 0.0121. The molecule has 2 aromatic carbocycles. The molecule has 0 bridgehead atoms. The SMILES string of the molecule is CC(=O)c1c(O)c(C)c(O)c2c1OC1=CC(=O)/C(=C(/C)NCCc3nc(-c4ccccc4)cs3)C(=O)[C@@]12C. The molecule has 1 aliphatic carbocycles. The fourth-order valence-corrected chi connectivity index (χ4v) is 5.78. The Morgan fingerprint density at radius 1 is 1.13 bits per heavy atom. The van der Waals surface area contributed by atoms with Gasteiger partial charge in [0.15, 0.2) is 17.3 Å². The van der Waals surface area contributed by atoms with Crippen molar-refractivity contribution < 1.29 is 29.3 Å². The van der Waals surface area contributed by atoms with Gasteiger partial charge in [0, 0.05) is 41.2 Å². The maximum Gasteiger partial charge on any atom is 0.194 e. The van der Waals surface area contributed by atoms with E-state index in [-0.39, 0.29) is 39.5 Å². The number of benzene rings is 2. The molecule has 5 rings (SSSR count). The smallest absolute Gasteiger partial charge is 0.194 e. The number of Topliss-reactive ketones (excluding diaryl/α,β-unsaturated/α-hetero) is 2. The highest BCUT2D eigenvalue weighted by Crippen LogP contribution is 2.57. The molecule has 0 spiro atoms. The van der Waals surface area contributed by atoms with Gasteiger partial charge in [-0.2, -0.15) is 0 Å². The van der Waals surface area contributed by atoms with Crippen LogP contribution >= 0.6 is 11.3 Å². The number of carbonyl (C=O) groups is 3. The molecule has 0 saturated carbocycles. The third-order valence-corrected chi connectivity index (χ3v) is 8.02. The number of nitrogens with one attached hydrogen (secondary N) is 1. The van der Waals surface area contributed by atoms with Gasteiger partial charge in [0.2, 0.25) is 0 Å². The van der Waals surface area contributed by atoms with Crippen LogP contribution in [-0.2, 0) is 21.4 Å². The summed E-state index contributed by atoms with van der Waals surface area (Å²) in [6.07, 6.45) is 1.81. The third kappa shape index (κ3) is 3.81. The molecule has 0 radical (unpaired) electrons. The largest absolute Gasteiger partial charge is 0.507 e. The van der Waals surface area contributed by atoms with Gasteiger partial charge in [0.25, 0.3) is 0 Å². The Morgan fingerprint density at radius 2 is 1.84 bits per heavy atom. The molecule has 0 unspecified atom stereocenters. The molecule has 38 heavy (non-hydrogen) atoms. The van der Waals surface area contributed by atoms with Crippen LogP contribution in [-0.4, -0.2) is 39.1 Å². The van der Waals surface area contributed by atoms with Gasteiger partial charge in [-0.1, -0.05) is 30.3 Å². The molecule has 2 heterocycles. The van der Waals surface area contributed by atoms with Crippen molar-refractivity contribution in [3.63, 3.8) is 0 Å². The van der Waals surface area contributed by atoms with Crippen LogP contribution in [0.25, 0.3) is 11.3 Å². The molecule has 9 heteroatoms. The van der Waals surface area contributed by atoms with Gasteiger partial charge in [-0.3, -0.25) is 14.4 Å². The number of hydrogen-bond acceptors (Lipinski definition) is 9. The predicted octanol–water partition coefficient (Wildman–Crippen LogP) is 4.52. The summed E-state index contributed by atoms with van der Waals surface area (Å²) in [7, 11) is 0. The van der Waals surface area contributed by atoms with E-state index >= 15 is 0 Å². The number of rotatable bonds is 6. The minimum atomic E-state index is -1.53. The Hall–Kier alpha value is -4.24. The van der Waals surface area contributed by atoms with Crippen molar-refractivity contribution in [2.75, 3.05) is 6.54 Å². The first-order valence-corrected chi connectivity index (χ1v) is 13.0. The number of ether oxygens (including phenoxy) is 1. The summed E-state index contributed by atoms with van der Waals surface area (Å²) in [5.74, 6) is -2.43. The minimum Gasteiger partial charge on any atom is -0.507 e. The van der Waals surface area contributed by atoms with Crippen molar-refractivity contribution in [3.8, 4) is 28.5 Å². The summed E-state index contributed by atoms with van der Waals surface area (Å²) in [5.41, 5.74) is 0.744. The van der Waals surface area contributed by atoms with Gasteiger partial charge < -0.3 is 20.3 Å². The van der Waals surface area contributed by atoms with Crippen molar-refractivity contribution >= 4 is 28.7 Å². The fraction of sp³-hybridized carbons (Fsp3) is 0.241. The Kier molecular flexibility index (Phi) is 6.19. The molecule has 3 N–H and O–H groups in total. The molecule has 1 aliphatic heterocycles. The van der Waals surface area contributed by atoms with Crippen molar-refractivity contribution in [2.45, 2.75) is 39.5 Å². The lowest BCUT2D eigenvalue weighted by atomic mass is 9.70. The van der Waals surface area contributed by atoms with Crippen LogP contribution < -0.4 is 10.1 Å².